The van der Waals surface area contributed by atoms with Crippen molar-refractivity contribution < 1.29 is 5.11 Å². The van der Waals surface area contributed by atoms with Crippen LogP contribution < -0.4 is 0 Å². The predicted octanol–water partition coefficient (Wildman–Crippen LogP) is 2.36. The maximum absolute atomic E-state index is 9.28. The zero-order valence-electron chi connectivity index (χ0n) is 7.60. The first-order valence-corrected chi connectivity index (χ1v) is 3.74. The lowest BCUT2D eigenvalue weighted by atomic mass is 9.83. The third-order valence-corrected chi connectivity index (χ3v) is 1.63. The first-order valence-electron chi connectivity index (χ1n) is 3.74. The van der Waals surface area contributed by atoms with Gasteiger partial charge in [-0.2, -0.15) is 0 Å². The van der Waals surface area contributed by atoms with E-state index in [2.05, 4.69) is 20.8 Å². The molecule has 1 atom stereocenters. The van der Waals surface area contributed by atoms with Crippen LogP contribution in [0, 0.1) is 5.41 Å². The molecule has 0 aliphatic rings. The lowest BCUT2D eigenvalue weighted by Crippen LogP contribution is -2.19. The highest BCUT2D eigenvalue weighted by atomic mass is 16.3. The summed E-state index contributed by atoms with van der Waals surface area (Å²) < 4.78 is 0. The largest absolute Gasteiger partial charge is 0.389 e. The number of allylic oxidation sites excluding steroid dienone is 1. The van der Waals surface area contributed by atoms with E-state index >= 15 is 0 Å². The molecule has 0 fully saturated rings. The molecule has 0 aromatic rings. The molecular formula is C9H18O. The van der Waals surface area contributed by atoms with E-state index in [0.717, 1.165) is 5.57 Å². The van der Waals surface area contributed by atoms with Gasteiger partial charge in [0.25, 0.3) is 0 Å². The molecule has 0 aliphatic carbocycles. The van der Waals surface area contributed by atoms with Gasteiger partial charge in [-0.25, -0.2) is 0 Å². The lowest BCUT2D eigenvalue weighted by Gasteiger charge is -2.24. The molecule has 0 aromatic carbocycles. The van der Waals surface area contributed by atoms with Crippen molar-refractivity contribution in [2.24, 2.45) is 5.41 Å². The van der Waals surface area contributed by atoms with E-state index in [1.807, 2.05) is 13.0 Å². The summed E-state index contributed by atoms with van der Waals surface area (Å²) in [5.74, 6) is 0. The standard InChI is InChI=1S/C9H18O/c1-6-8(7(2)10)9(3,4)5/h6-7,10H,1-5H3. The van der Waals surface area contributed by atoms with Gasteiger partial charge >= 0.3 is 0 Å². The van der Waals surface area contributed by atoms with Crippen LogP contribution in [0.5, 0.6) is 0 Å². The van der Waals surface area contributed by atoms with Gasteiger partial charge in [-0.05, 0) is 24.8 Å². The van der Waals surface area contributed by atoms with Crippen molar-refractivity contribution in [1.29, 1.82) is 0 Å². The van der Waals surface area contributed by atoms with Gasteiger partial charge < -0.3 is 5.11 Å². The van der Waals surface area contributed by atoms with Crippen molar-refractivity contribution in [3.8, 4) is 0 Å². The average Bonchev–Trinajstić information content (AvgIpc) is 1.60. The smallest absolute Gasteiger partial charge is 0.0726 e. The van der Waals surface area contributed by atoms with E-state index in [9.17, 15) is 5.11 Å². The van der Waals surface area contributed by atoms with Crippen molar-refractivity contribution >= 4 is 0 Å². The van der Waals surface area contributed by atoms with Gasteiger partial charge in [0.1, 0.15) is 0 Å². The second kappa shape index (κ2) is 3.20. The van der Waals surface area contributed by atoms with Crippen LogP contribution in [0.3, 0.4) is 0 Å². The Hall–Kier alpha value is -0.300. The Morgan fingerprint density at radius 1 is 1.40 bits per heavy atom. The molecule has 1 N–H and O–H groups in total. The highest BCUT2D eigenvalue weighted by Crippen LogP contribution is 2.27. The van der Waals surface area contributed by atoms with E-state index < -0.39 is 0 Å². The van der Waals surface area contributed by atoms with Crippen molar-refractivity contribution in [3.05, 3.63) is 11.6 Å². The van der Waals surface area contributed by atoms with Crippen molar-refractivity contribution in [2.45, 2.75) is 40.7 Å². The van der Waals surface area contributed by atoms with Crippen molar-refractivity contribution in [2.75, 3.05) is 0 Å². The monoisotopic (exact) mass is 142 g/mol. The minimum Gasteiger partial charge on any atom is -0.389 e. The Balaban J connectivity index is 4.40. The summed E-state index contributed by atoms with van der Waals surface area (Å²) in [7, 11) is 0. The molecule has 10 heavy (non-hydrogen) atoms. The first kappa shape index (κ1) is 9.70. The fourth-order valence-electron chi connectivity index (χ4n) is 1.30. The summed E-state index contributed by atoms with van der Waals surface area (Å²) >= 11 is 0. The number of rotatable bonds is 1. The van der Waals surface area contributed by atoms with Crippen LogP contribution in [-0.4, -0.2) is 11.2 Å². The fraction of sp³-hybridized carbons (Fsp3) is 0.778. The molecule has 0 radical (unpaired) electrons. The number of aliphatic hydroxyl groups is 1. The van der Waals surface area contributed by atoms with E-state index in [0.29, 0.717) is 0 Å². The van der Waals surface area contributed by atoms with Crippen LogP contribution in [0.15, 0.2) is 11.6 Å². The third kappa shape index (κ3) is 2.53. The number of hydrogen-bond donors (Lipinski definition) is 1. The Bertz CT molecular complexity index is 126. The topological polar surface area (TPSA) is 20.2 Å². The molecule has 0 saturated carbocycles. The molecule has 60 valence electrons. The van der Waals surface area contributed by atoms with Crippen molar-refractivity contribution in [1.82, 2.24) is 0 Å². The maximum Gasteiger partial charge on any atom is 0.0726 e. The zero-order chi connectivity index (χ0) is 8.36. The molecule has 0 saturated heterocycles. The summed E-state index contributed by atoms with van der Waals surface area (Å²) in [5, 5.41) is 9.28. The van der Waals surface area contributed by atoms with Crippen LogP contribution >= 0.6 is 0 Å². The maximum atomic E-state index is 9.28. The first-order chi connectivity index (χ1) is 4.39. The number of hydrogen-bond acceptors (Lipinski definition) is 1. The minimum absolute atomic E-state index is 0.100. The number of aliphatic hydroxyl groups excluding tert-OH is 1. The summed E-state index contributed by atoms with van der Waals surface area (Å²) in [6.07, 6.45) is 1.68. The van der Waals surface area contributed by atoms with E-state index in [1.54, 1.807) is 6.92 Å². The molecule has 0 rings (SSSR count). The van der Waals surface area contributed by atoms with E-state index in [-0.39, 0.29) is 11.5 Å². The van der Waals surface area contributed by atoms with Gasteiger partial charge in [-0.3, -0.25) is 0 Å². The van der Waals surface area contributed by atoms with Crippen LogP contribution in [0.2, 0.25) is 0 Å². The molecular weight excluding hydrogens is 124 g/mol. The Labute approximate surface area is 63.8 Å². The molecule has 1 heteroatoms. The zero-order valence-corrected chi connectivity index (χ0v) is 7.60. The SMILES string of the molecule is CC=C(C(C)O)C(C)(C)C. The minimum atomic E-state index is -0.315. The fourth-order valence-corrected chi connectivity index (χ4v) is 1.30. The van der Waals surface area contributed by atoms with Gasteiger partial charge in [0.15, 0.2) is 0 Å². The van der Waals surface area contributed by atoms with Gasteiger partial charge in [0.05, 0.1) is 6.10 Å². The summed E-state index contributed by atoms with van der Waals surface area (Å²) in [4.78, 5) is 0. The molecule has 0 amide bonds. The molecule has 0 spiro atoms. The second-order valence-corrected chi connectivity index (χ2v) is 3.67. The van der Waals surface area contributed by atoms with Gasteiger partial charge in [-0.1, -0.05) is 26.8 Å². The molecule has 0 aliphatic heterocycles. The van der Waals surface area contributed by atoms with Gasteiger partial charge in [0.2, 0.25) is 0 Å². The van der Waals surface area contributed by atoms with Crippen LogP contribution in [0.4, 0.5) is 0 Å². The predicted molar refractivity (Wildman–Crippen MR) is 44.9 cm³/mol. The average molecular weight is 142 g/mol. The molecule has 0 aromatic heterocycles. The highest BCUT2D eigenvalue weighted by Gasteiger charge is 2.19. The van der Waals surface area contributed by atoms with E-state index in [4.69, 9.17) is 0 Å². The van der Waals surface area contributed by atoms with Crippen LogP contribution in [0.1, 0.15) is 34.6 Å². The van der Waals surface area contributed by atoms with Gasteiger partial charge in [-0.15, -0.1) is 0 Å². The van der Waals surface area contributed by atoms with E-state index in [1.165, 1.54) is 0 Å². The molecule has 0 bridgehead atoms. The Kier molecular flexibility index (Phi) is 3.10. The summed E-state index contributed by atoms with van der Waals surface area (Å²) in [5.41, 5.74) is 1.20. The molecule has 1 unspecified atom stereocenters. The second-order valence-electron chi connectivity index (χ2n) is 3.67. The van der Waals surface area contributed by atoms with Gasteiger partial charge in [0, 0.05) is 0 Å². The van der Waals surface area contributed by atoms with Crippen molar-refractivity contribution in [3.63, 3.8) is 0 Å². The lowest BCUT2D eigenvalue weighted by molar-refractivity contribution is 0.203. The molecule has 0 heterocycles. The Morgan fingerprint density at radius 3 is 1.80 bits per heavy atom. The summed E-state index contributed by atoms with van der Waals surface area (Å²) in [6, 6.07) is 0. The third-order valence-electron chi connectivity index (χ3n) is 1.63. The quantitative estimate of drug-likeness (QED) is 0.557. The van der Waals surface area contributed by atoms with Crippen LogP contribution in [-0.2, 0) is 0 Å². The Morgan fingerprint density at radius 2 is 1.80 bits per heavy atom. The summed E-state index contributed by atoms with van der Waals surface area (Å²) in [6.45, 7) is 10.1. The van der Waals surface area contributed by atoms with Crippen LogP contribution in [0.25, 0.3) is 0 Å². The molecule has 1 nitrogen and oxygen atoms in total. The highest BCUT2D eigenvalue weighted by molar-refractivity contribution is 5.13. The normalized spacial score (nSPS) is 17.2.